The molecule has 29 heavy (non-hydrogen) atoms. The van der Waals surface area contributed by atoms with Gasteiger partial charge in [0.2, 0.25) is 0 Å². The second kappa shape index (κ2) is 9.29. The van der Waals surface area contributed by atoms with Gasteiger partial charge in [0, 0.05) is 13.0 Å². The smallest absolute Gasteiger partial charge is 0.123 e. The first-order valence-corrected chi connectivity index (χ1v) is 11.2. The molecular formula is C25H33N2O2-. The average Bonchev–Trinajstić information content (AvgIpc) is 3.13. The third-order valence-electron chi connectivity index (χ3n) is 6.18. The molecule has 0 bridgehead atoms. The number of ether oxygens (including phenoxy) is 1. The van der Waals surface area contributed by atoms with Crippen molar-refractivity contribution in [3.8, 4) is 16.9 Å². The highest BCUT2D eigenvalue weighted by molar-refractivity contribution is 5.66. The molecule has 0 amide bonds. The standard InChI is InChI=1S/C25H33N2O2/c1-3-4-5-6-7-23-15-22-14-21(12-13-24(22)29-23)19-8-10-20(11-9-19)25-26-16-18(2)17-27(25)28/h8-14,18,23,25-26H,3-7,15-17H2,1-2H3/q-1. The summed E-state index contributed by atoms with van der Waals surface area (Å²) in [5.41, 5.74) is 4.76. The fraction of sp³-hybridized carbons (Fsp3) is 0.520. The molecule has 4 heteroatoms. The first kappa shape index (κ1) is 20.4. The minimum atomic E-state index is -0.234. The van der Waals surface area contributed by atoms with E-state index in [2.05, 4.69) is 61.6 Å². The number of hydrogen-bond acceptors (Lipinski definition) is 4. The maximum absolute atomic E-state index is 12.3. The van der Waals surface area contributed by atoms with Crippen molar-refractivity contribution in [1.29, 1.82) is 0 Å². The Hall–Kier alpha value is -1.88. The van der Waals surface area contributed by atoms with Gasteiger partial charge in [-0.15, -0.1) is 0 Å². The molecule has 2 heterocycles. The molecule has 0 aliphatic carbocycles. The summed E-state index contributed by atoms with van der Waals surface area (Å²) in [5.74, 6) is 1.44. The molecule has 2 aliphatic rings. The molecule has 0 saturated carbocycles. The Kier molecular flexibility index (Phi) is 6.53. The minimum absolute atomic E-state index is 0.234. The third kappa shape index (κ3) is 4.82. The van der Waals surface area contributed by atoms with Gasteiger partial charge in [-0.1, -0.05) is 63.4 Å². The lowest BCUT2D eigenvalue weighted by Crippen LogP contribution is -2.45. The molecule has 156 valence electrons. The number of unbranched alkanes of at least 4 members (excludes halogenated alkanes) is 3. The van der Waals surface area contributed by atoms with E-state index in [0.717, 1.165) is 35.8 Å². The molecule has 1 N–H and O–H groups in total. The summed E-state index contributed by atoms with van der Waals surface area (Å²) < 4.78 is 6.15. The van der Waals surface area contributed by atoms with Crippen molar-refractivity contribution in [2.45, 2.75) is 64.6 Å². The SMILES string of the molecule is CCCCCCC1Cc2cc(-c3ccc(C4NCC(C)CN4[O-])cc3)ccc2O1. The van der Waals surface area contributed by atoms with Crippen LogP contribution in [0.5, 0.6) is 5.75 Å². The zero-order valence-electron chi connectivity index (χ0n) is 17.7. The largest absolute Gasteiger partial charge is 0.784 e. The average molecular weight is 394 g/mol. The van der Waals surface area contributed by atoms with Crippen LogP contribution in [0.25, 0.3) is 11.1 Å². The number of rotatable bonds is 7. The normalized spacial score (nSPS) is 24.3. The lowest BCUT2D eigenvalue weighted by Gasteiger charge is -2.44. The van der Waals surface area contributed by atoms with Gasteiger partial charge < -0.3 is 15.0 Å². The Morgan fingerprint density at radius 2 is 1.86 bits per heavy atom. The van der Waals surface area contributed by atoms with E-state index >= 15 is 0 Å². The van der Waals surface area contributed by atoms with E-state index in [-0.39, 0.29) is 6.17 Å². The molecule has 0 aromatic heterocycles. The molecule has 0 spiro atoms. The van der Waals surface area contributed by atoms with E-state index in [4.69, 9.17) is 4.74 Å². The fourth-order valence-corrected chi connectivity index (χ4v) is 4.49. The van der Waals surface area contributed by atoms with Crippen LogP contribution in [0.3, 0.4) is 0 Å². The molecular weight excluding hydrogens is 360 g/mol. The summed E-state index contributed by atoms with van der Waals surface area (Å²) in [4.78, 5) is 0. The number of hydroxylamine groups is 2. The molecule has 2 aliphatic heterocycles. The summed E-state index contributed by atoms with van der Waals surface area (Å²) in [6.45, 7) is 5.82. The third-order valence-corrected chi connectivity index (χ3v) is 6.18. The summed E-state index contributed by atoms with van der Waals surface area (Å²) >= 11 is 0. The van der Waals surface area contributed by atoms with Gasteiger partial charge in [-0.05, 0) is 59.7 Å². The molecule has 2 aromatic carbocycles. The van der Waals surface area contributed by atoms with Crippen molar-refractivity contribution in [3.05, 3.63) is 58.8 Å². The van der Waals surface area contributed by atoms with Crippen LogP contribution in [0, 0.1) is 11.1 Å². The van der Waals surface area contributed by atoms with Crippen LogP contribution in [0.1, 0.15) is 63.2 Å². The monoisotopic (exact) mass is 393 g/mol. The highest BCUT2D eigenvalue weighted by Crippen LogP contribution is 2.35. The Labute approximate surface area is 174 Å². The first-order chi connectivity index (χ1) is 14.1. The van der Waals surface area contributed by atoms with Crippen LogP contribution in [0.2, 0.25) is 0 Å². The number of nitrogens with one attached hydrogen (secondary N) is 1. The van der Waals surface area contributed by atoms with E-state index in [9.17, 15) is 5.21 Å². The summed E-state index contributed by atoms with van der Waals surface area (Å²) in [6.07, 6.45) is 7.42. The van der Waals surface area contributed by atoms with Gasteiger partial charge in [0.1, 0.15) is 11.9 Å². The van der Waals surface area contributed by atoms with Gasteiger partial charge in [-0.3, -0.25) is 5.32 Å². The first-order valence-electron chi connectivity index (χ1n) is 11.2. The van der Waals surface area contributed by atoms with Gasteiger partial charge in [0.05, 0.1) is 6.17 Å². The van der Waals surface area contributed by atoms with Gasteiger partial charge in [0.15, 0.2) is 0 Å². The van der Waals surface area contributed by atoms with Gasteiger partial charge in [-0.2, -0.15) is 0 Å². The predicted molar refractivity (Wildman–Crippen MR) is 119 cm³/mol. The lowest BCUT2D eigenvalue weighted by atomic mass is 9.98. The van der Waals surface area contributed by atoms with Crippen LogP contribution < -0.4 is 10.1 Å². The molecule has 1 saturated heterocycles. The van der Waals surface area contributed by atoms with Crippen LogP contribution in [-0.4, -0.2) is 24.3 Å². The van der Waals surface area contributed by atoms with E-state index in [1.807, 2.05) is 0 Å². The highest BCUT2D eigenvalue weighted by atomic mass is 16.5. The molecule has 2 aromatic rings. The molecule has 1 fully saturated rings. The highest BCUT2D eigenvalue weighted by Gasteiger charge is 2.23. The Bertz CT molecular complexity index is 805. The topological polar surface area (TPSA) is 47.6 Å². The Morgan fingerprint density at radius 3 is 2.62 bits per heavy atom. The number of hydrogen-bond donors (Lipinski definition) is 1. The molecule has 3 unspecified atom stereocenters. The van der Waals surface area contributed by atoms with Crippen LogP contribution in [0.4, 0.5) is 0 Å². The fourth-order valence-electron chi connectivity index (χ4n) is 4.49. The van der Waals surface area contributed by atoms with E-state index in [0.29, 0.717) is 18.6 Å². The van der Waals surface area contributed by atoms with E-state index in [1.54, 1.807) is 0 Å². The van der Waals surface area contributed by atoms with Crippen molar-refractivity contribution in [1.82, 2.24) is 10.4 Å². The summed E-state index contributed by atoms with van der Waals surface area (Å²) in [5, 5.41) is 16.8. The quantitative estimate of drug-likeness (QED) is 0.616. The number of benzene rings is 2. The van der Waals surface area contributed by atoms with Crippen molar-refractivity contribution < 1.29 is 4.74 Å². The Balaban J connectivity index is 1.40. The van der Waals surface area contributed by atoms with Gasteiger partial charge in [-0.25, -0.2) is 0 Å². The number of nitrogens with zero attached hydrogens (tertiary/aromatic N) is 1. The molecule has 3 atom stereocenters. The zero-order valence-corrected chi connectivity index (χ0v) is 17.7. The zero-order chi connectivity index (χ0) is 20.2. The van der Waals surface area contributed by atoms with Crippen molar-refractivity contribution in [2.24, 2.45) is 5.92 Å². The molecule has 0 radical (unpaired) electrons. The van der Waals surface area contributed by atoms with Crippen molar-refractivity contribution in [3.63, 3.8) is 0 Å². The van der Waals surface area contributed by atoms with E-state index < -0.39 is 0 Å². The summed E-state index contributed by atoms with van der Waals surface area (Å²) in [6, 6.07) is 15.0. The van der Waals surface area contributed by atoms with Crippen molar-refractivity contribution in [2.75, 3.05) is 13.1 Å². The Morgan fingerprint density at radius 1 is 1.07 bits per heavy atom. The van der Waals surface area contributed by atoms with Crippen LogP contribution in [0.15, 0.2) is 42.5 Å². The molecule has 4 nitrogen and oxygen atoms in total. The van der Waals surface area contributed by atoms with Crippen LogP contribution in [-0.2, 0) is 6.42 Å². The van der Waals surface area contributed by atoms with Crippen molar-refractivity contribution >= 4 is 0 Å². The molecule has 4 rings (SSSR count). The minimum Gasteiger partial charge on any atom is -0.784 e. The van der Waals surface area contributed by atoms with E-state index in [1.165, 1.54) is 42.4 Å². The summed E-state index contributed by atoms with van der Waals surface area (Å²) in [7, 11) is 0. The second-order valence-electron chi connectivity index (χ2n) is 8.75. The lowest BCUT2D eigenvalue weighted by molar-refractivity contribution is 0.155. The van der Waals surface area contributed by atoms with Gasteiger partial charge >= 0.3 is 0 Å². The second-order valence-corrected chi connectivity index (χ2v) is 8.75. The maximum Gasteiger partial charge on any atom is 0.123 e. The maximum atomic E-state index is 12.3. The van der Waals surface area contributed by atoms with Crippen LogP contribution >= 0.6 is 0 Å². The number of fused-ring (bicyclic) bond motifs is 1. The van der Waals surface area contributed by atoms with Gasteiger partial charge in [0.25, 0.3) is 0 Å². The predicted octanol–water partition coefficient (Wildman–Crippen LogP) is 5.67.